The van der Waals surface area contributed by atoms with E-state index in [4.69, 9.17) is 23.2 Å². The quantitative estimate of drug-likeness (QED) is 0.881. The molecule has 1 aliphatic rings. The average Bonchev–Trinajstić information content (AvgIpc) is 2.75. The van der Waals surface area contributed by atoms with Crippen LogP contribution in [0.15, 0.2) is 24.3 Å². The molecule has 1 N–H and O–H groups in total. The molecule has 1 aromatic heterocycles. The first kappa shape index (κ1) is 13.2. The summed E-state index contributed by atoms with van der Waals surface area (Å²) in [5.41, 5.74) is 0.283. The van der Waals surface area contributed by atoms with Crippen LogP contribution < -0.4 is 5.32 Å². The van der Waals surface area contributed by atoms with Gasteiger partial charge in [-0.2, -0.15) is 0 Å². The maximum absolute atomic E-state index is 12.0. The third kappa shape index (κ3) is 2.22. The van der Waals surface area contributed by atoms with E-state index in [9.17, 15) is 4.79 Å². The number of nitrogens with zero attached hydrogens (tertiary/aromatic N) is 1. The van der Waals surface area contributed by atoms with Gasteiger partial charge in [0.1, 0.15) is 9.34 Å². The zero-order chi connectivity index (χ0) is 13.7. The topological polar surface area (TPSA) is 42.0 Å². The van der Waals surface area contributed by atoms with Crippen LogP contribution in [0.25, 0.3) is 10.2 Å². The normalized spacial score (nSPS) is 24.4. The minimum absolute atomic E-state index is 0.114. The van der Waals surface area contributed by atoms with E-state index in [2.05, 4.69) is 10.3 Å². The number of carbonyl (C=O) groups is 1. The van der Waals surface area contributed by atoms with E-state index < -0.39 is 9.75 Å². The van der Waals surface area contributed by atoms with Gasteiger partial charge in [-0.1, -0.05) is 12.1 Å². The fourth-order valence-electron chi connectivity index (χ4n) is 1.99. The summed E-state index contributed by atoms with van der Waals surface area (Å²) in [5.74, 6) is -0.114. The van der Waals surface area contributed by atoms with Gasteiger partial charge < -0.3 is 5.32 Å². The molecule has 0 unspecified atom stereocenters. The van der Waals surface area contributed by atoms with E-state index in [0.717, 1.165) is 15.2 Å². The zero-order valence-corrected chi connectivity index (χ0v) is 12.6. The molecule has 1 saturated carbocycles. The average molecular weight is 315 g/mol. The summed E-state index contributed by atoms with van der Waals surface area (Å²) in [6.45, 7) is 2.19. The van der Waals surface area contributed by atoms with Gasteiger partial charge in [-0.25, -0.2) is 4.98 Å². The Kier molecular flexibility index (Phi) is 3.00. The van der Waals surface area contributed by atoms with E-state index in [1.54, 1.807) is 18.3 Å². The summed E-state index contributed by atoms with van der Waals surface area (Å²) < 4.78 is 0.193. The first-order chi connectivity index (χ1) is 8.92. The van der Waals surface area contributed by atoms with Crippen LogP contribution in [0.3, 0.4) is 0 Å². The van der Waals surface area contributed by atoms with Crippen LogP contribution >= 0.6 is 34.5 Å². The van der Waals surface area contributed by atoms with E-state index in [-0.39, 0.29) is 5.91 Å². The van der Waals surface area contributed by atoms with Crippen molar-refractivity contribution in [3.8, 4) is 0 Å². The Labute approximate surface area is 124 Å². The minimum atomic E-state index is -0.926. The molecule has 1 atom stereocenters. The Morgan fingerprint density at radius 3 is 2.79 bits per heavy atom. The van der Waals surface area contributed by atoms with Crippen molar-refractivity contribution in [1.82, 2.24) is 10.3 Å². The number of amides is 1. The van der Waals surface area contributed by atoms with E-state index in [1.165, 1.54) is 0 Å². The van der Waals surface area contributed by atoms with Crippen LogP contribution in [0.2, 0.25) is 0 Å². The van der Waals surface area contributed by atoms with Crippen molar-refractivity contribution >= 4 is 50.7 Å². The molecule has 0 saturated heterocycles. The predicted octanol–water partition coefficient (Wildman–Crippen LogP) is 3.50. The summed E-state index contributed by atoms with van der Waals surface area (Å²) in [6, 6.07) is 7.90. The standard InChI is InChI=1S/C13H12Cl2N2OS/c1-12(7-13(12,14)15)11(18)16-6-10-17-8-4-2-3-5-9(8)19-10/h2-5H,6-7H2,1H3,(H,16,18)/t12-/m1/s1. The van der Waals surface area contributed by atoms with E-state index in [0.29, 0.717) is 13.0 Å². The molecule has 0 bridgehead atoms. The highest BCUT2D eigenvalue weighted by Crippen LogP contribution is 2.63. The largest absolute Gasteiger partial charge is 0.349 e. The minimum Gasteiger partial charge on any atom is -0.349 e. The fourth-order valence-corrected chi connectivity index (χ4v) is 3.61. The molecular weight excluding hydrogens is 303 g/mol. The number of para-hydroxylation sites is 1. The second-order valence-electron chi connectivity index (χ2n) is 4.97. The molecule has 1 aromatic carbocycles. The number of alkyl halides is 2. The lowest BCUT2D eigenvalue weighted by Crippen LogP contribution is -2.32. The van der Waals surface area contributed by atoms with Gasteiger partial charge in [-0.3, -0.25) is 4.79 Å². The highest BCUT2D eigenvalue weighted by molar-refractivity contribution is 7.18. The molecule has 2 aromatic rings. The van der Waals surface area contributed by atoms with Gasteiger partial charge in [0.2, 0.25) is 5.91 Å². The molecular formula is C13H12Cl2N2OS. The number of hydrogen-bond donors (Lipinski definition) is 1. The van der Waals surface area contributed by atoms with Crippen LogP contribution in [0.5, 0.6) is 0 Å². The number of fused-ring (bicyclic) bond motifs is 1. The van der Waals surface area contributed by atoms with Gasteiger partial charge in [0, 0.05) is 0 Å². The van der Waals surface area contributed by atoms with Crippen molar-refractivity contribution in [3.05, 3.63) is 29.3 Å². The number of thiazole rings is 1. The SMILES string of the molecule is C[C@]1(C(=O)NCc2nc3ccccc3s2)CC1(Cl)Cl. The number of benzene rings is 1. The molecule has 1 amide bonds. The molecule has 3 nitrogen and oxygen atoms in total. The number of nitrogens with one attached hydrogen (secondary N) is 1. The van der Waals surface area contributed by atoms with Gasteiger partial charge in [0.15, 0.2) is 0 Å². The highest BCUT2D eigenvalue weighted by Gasteiger charge is 2.67. The lowest BCUT2D eigenvalue weighted by Gasteiger charge is -2.11. The number of hydrogen-bond acceptors (Lipinski definition) is 3. The van der Waals surface area contributed by atoms with Crippen molar-refractivity contribution in [2.24, 2.45) is 5.41 Å². The molecule has 3 rings (SSSR count). The van der Waals surface area contributed by atoms with Crippen molar-refractivity contribution in [2.75, 3.05) is 0 Å². The Bertz CT molecular complexity index is 622. The van der Waals surface area contributed by atoms with Crippen molar-refractivity contribution < 1.29 is 4.79 Å². The van der Waals surface area contributed by atoms with Crippen molar-refractivity contribution in [3.63, 3.8) is 0 Å². The summed E-state index contributed by atoms with van der Waals surface area (Å²) >= 11 is 13.5. The zero-order valence-electron chi connectivity index (χ0n) is 10.2. The molecule has 0 spiro atoms. The molecule has 0 aliphatic heterocycles. The number of aromatic nitrogens is 1. The van der Waals surface area contributed by atoms with Crippen LogP contribution in [0.1, 0.15) is 18.4 Å². The molecule has 1 aliphatic carbocycles. The maximum Gasteiger partial charge on any atom is 0.229 e. The Balaban J connectivity index is 1.68. The molecule has 100 valence electrons. The van der Waals surface area contributed by atoms with Gasteiger partial charge >= 0.3 is 0 Å². The highest BCUT2D eigenvalue weighted by atomic mass is 35.5. The molecule has 6 heteroatoms. The second-order valence-corrected chi connectivity index (χ2v) is 7.57. The Morgan fingerprint density at radius 2 is 2.16 bits per heavy atom. The fraction of sp³-hybridized carbons (Fsp3) is 0.385. The third-order valence-corrected chi connectivity index (χ3v) is 5.64. The van der Waals surface area contributed by atoms with Crippen LogP contribution in [-0.2, 0) is 11.3 Å². The number of carbonyl (C=O) groups excluding carboxylic acids is 1. The summed E-state index contributed by atoms with van der Waals surface area (Å²) in [5, 5.41) is 3.74. The molecule has 0 radical (unpaired) electrons. The number of rotatable bonds is 3. The third-order valence-electron chi connectivity index (χ3n) is 3.50. The van der Waals surface area contributed by atoms with Gasteiger partial charge in [0.25, 0.3) is 0 Å². The monoisotopic (exact) mass is 314 g/mol. The van der Waals surface area contributed by atoms with Gasteiger partial charge in [0.05, 0.1) is 22.2 Å². The van der Waals surface area contributed by atoms with E-state index >= 15 is 0 Å². The maximum atomic E-state index is 12.0. The predicted molar refractivity (Wildman–Crippen MR) is 78.6 cm³/mol. The smallest absolute Gasteiger partial charge is 0.229 e. The summed E-state index contributed by atoms with van der Waals surface area (Å²) in [6.07, 6.45) is 0.495. The van der Waals surface area contributed by atoms with Crippen LogP contribution in [0, 0.1) is 5.41 Å². The molecule has 1 fully saturated rings. The van der Waals surface area contributed by atoms with Crippen LogP contribution in [-0.4, -0.2) is 15.2 Å². The number of halogens is 2. The lowest BCUT2D eigenvalue weighted by atomic mass is 10.1. The van der Waals surface area contributed by atoms with Crippen LogP contribution in [0.4, 0.5) is 0 Å². The molecule has 1 heterocycles. The first-order valence-electron chi connectivity index (χ1n) is 5.93. The van der Waals surface area contributed by atoms with E-state index in [1.807, 2.05) is 24.3 Å². The van der Waals surface area contributed by atoms with Gasteiger partial charge in [-0.05, 0) is 25.5 Å². The summed E-state index contributed by atoms with van der Waals surface area (Å²) in [4.78, 5) is 16.5. The second kappa shape index (κ2) is 4.33. The van der Waals surface area contributed by atoms with Crippen molar-refractivity contribution in [2.45, 2.75) is 24.2 Å². The molecule has 19 heavy (non-hydrogen) atoms. The van der Waals surface area contributed by atoms with Gasteiger partial charge in [-0.15, -0.1) is 34.5 Å². The van der Waals surface area contributed by atoms with Crippen molar-refractivity contribution in [1.29, 1.82) is 0 Å². The first-order valence-corrected chi connectivity index (χ1v) is 7.50. The lowest BCUT2D eigenvalue weighted by molar-refractivity contribution is -0.125. The Morgan fingerprint density at radius 1 is 1.47 bits per heavy atom. The Hall–Kier alpha value is -0.840. The summed E-state index contributed by atoms with van der Waals surface area (Å²) in [7, 11) is 0.